The highest BCUT2D eigenvalue weighted by molar-refractivity contribution is 6.03. The number of hydrogen-bond donors (Lipinski definition) is 1. The van der Waals surface area contributed by atoms with E-state index >= 15 is 0 Å². The molecule has 110 valence electrons. The third kappa shape index (κ3) is 3.21. The summed E-state index contributed by atoms with van der Waals surface area (Å²) in [6.45, 7) is 6.23. The maximum Gasteiger partial charge on any atom is 0.174 e. The zero-order valence-electron chi connectivity index (χ0n) is 12.6. The Hall–Kier alpha value is -2.36. The van der Waals surface area contributed by atoms with Crippen LogP contribution >= 0.6 is 0 Å². The number of benzene rings is 1. The van der Waals surface area contributed by atoms with E-state index < -0.39 is 5.41 Å². The summed E-state index contributed by atoms with van der Waals surface area (Å²) >= 11 is 0. The van der Waals surface area contributed by atoms with Crippen molar-refractivity contribution in [2.75, 3.05) is 12.3 Å². The van der Waals surface area contributed by atoms with E-state index in [-0.39, 0.29) is 5.78 Å². The molecule has 0 aliphatic heterocycles. The molecule has 4 nitrogen and oxygen atoms in total. The van der Waals surface area contributed by atoms with Crippen molar-refractivity contribution in [3.63, 3.8) is 0 Å². The number of carbonyl (C=O) groups is 1. The SMILES string of the molecule is CCOc1cncc(C(=O)C(C)(C)c2ccc(N)cc2)c1. The molecule has 1 aromatic carbocycles. The highest BCUT2D eigenvalue weighted by atomic mass is 16.5. The van der Waals surface area contributed by atoms with Crippen molar-refractivity contribution < 1.29 is 9.53 Å². The van der Waals surface area contributed by atoms with Crippen LogP contribution in [0, 0.1) is 0 Å². The Bertz CT molecular complexity index is 633. The second kappa shape index (κ2) is 5.95. The molecule has 0 saturated heterocycles. The van der Waals surface area contributed by atoms with Gasteiger partial charge in [-0.3, -0.25) is 9.78 Å². The number of nitrogen functional groups attached to an aromatic ring is 1. The van der Waals surface area contributed by atoms with Crippen molar-refractivity contribution in [3.8, 4) is 5.75 Å². The Labute approximate surface area is 125 Å². The molecule has 0 aliphatic rings. The van der Waals surface area contributed by atoms with E-state index in [2.05, 4.69) is 4.98 Å². The summed E-state index contributed by atoms with van der Waals surface area (Å²) in [6.07, 6.45) is 3.18. The fraction of sp³-hybridized carbons (Fsp3) is 0.294. The lowest BCUT2D eigenvalue weighted by Crippen LogP contribution is -2.29. The Morgan fingerprint density at radius 3 is 2.52 bits per heavy atom. The minimum Gasteiger partial charge on any atom is -0.492 e. The first-order chi connectivity index (χ1) is 9.95. The summed E-state index contributed by atoms with van der Waals surface area (Å²) in [7, 11) is 0. The van der Waals surface area contributed by atoms with Gasteiger partial charge in [-0.15, -0.1) is 0 Å². The number of ether oxygens (including phenoxy) is 1. The Morgan fingerprint density at radius 1 is 1.24 bits per heavy atom. The van der Waals surface area contributed by atoms with Gasteiger partial charge in [0.1, 0.15) is 5.75 Å². The van der Waals surface area contributed by atoms with Crippen molar-refractivity contribution >= 4 is 11.5 Å². The molecule has 2 aromatic rings. The van der Waals surface area contributed by atoms with Gasteiger partial charge >= 0.3 is 0 Å². The van der Waals surface area contributed by atoms with Gasteiger partial charge in [0, 0.05) is 17.4 Å². The first-order valence-corrected chi connectivity index (χ1v) is 6.94. The van der Waals surface area contributed by atoms with Gasteiger partial charge < -0.3 is 10.5 Å². The molecule has 0 amide bonds. The van der Waals surface area contributed by atoms with Crippen LogP contribution in [0.3, 0.4) is 0 Å². The van der Waals surface area contributed by atoms with Crippen LogP contribution in [0.15, 0.2) is 42.7 Å². The van der Waals surface area contributed by atoms with Gasteiger partial charge in [-0.25, -0.2) is 0 Å². The monoisotopic (exact) mass is 284 g/mol. The molecule has 2 N–H and O–H groups in total. The van der Waals surface area contributed by atoms with Crippen LogP contribution in [0.25, 0.3) is 0 Å². The number of carbonyl (C=O) groups excluding carboxylic acids is 1. The largest absolute Gasteiger partial charge is 0.492 e. The fourth-order valence-electron chi connectivity index (χ4n) is 2.18. The molecule has 0 radical (unpaired) electrons. The van der Waals surface area contributed by atoms with Gasteiger partial charge in [-0.2, -0.15) is 0 Å². The minimum atomic E-state index is -0.653. The normalized spacial score (nSPS) is 11.2. The van der Waals surface area contributed by atoms with E-state index in [0.717, 1.165) is 5.56 Å². The topological polar surface area (TPSA) is 65.2 Å². The number of rotatable bonds is 5. The maximum atomic E-state index is 12.8. The predicted molar refractivity (Wildman–Crippen MR) is 83.6 cm³/mol. The molecule has 2 rings (SSSR count). The van der Waals surface area contributed by atoms with Crippen LogP contribution in [0.2, 0.25) is 0 Å². The van der Waals surface area contributed by atoms with E-state index in [1.165, 1.54) is 0 Å². The number of pyridine rings is 1. The standard InChI is InChI=1S/C17H20N2O2/c1-4-21-15-9-12(10-19-11-15)16(20)17(2,3)13-5-7-14(18)8-6-13/h5-11H,4,18H2,1-3H3. The quantitative estimate of drug-likeness (QED) is 0.676. The molecular formula is C17H20N2O2. The highest BCUT2D eigenvalue weighted by Gasteiger charge is 2.31. The lowest BCUT2D eigenvalue weighted by molar-refractivity contribution is 0.0908. The fourth-order valence-corrected chi connectivity index (χ4v) is 2.18. The van der Waals surface area contributed by atoms with E-state index in [1.807, 2.05) is 32.9 Å². The average Bonchev–Trinajstić information content (AvgIpc) is 2.47. The number of ketones is 1. The van der Waals surface area contributed by atoms with Crippen LogP contribution in [0.5, 0.6) is 5.75 Å². The van der Waals surface area contributed by atoms with Crippen LogP contribution < -0.4 is 10.5 Å². The van der Waals surface area contributed by atoms with Gasteiger partial charge in [0.05, 0.1) is 18.2 Å². The van der Waals surface area contributed by atoms with Crippen molar-refractivity contribution in [1.29, 1.82) is 0 Å². The Morgan fingerprint density at radius 2 is 1.90 bits per heavy atom. The Balaban J connectivity index is 2.33. The third-order valence-electron chi connectivity index (χ3n) is 3.49. The van der Waals surface area contributed by atoms with E-state index in [4.69, 9.17) is 10.5 Å². The van der Waals surface area contributed by atoms with Gasteiger partial charge in [-0.05, 0) is 44.5 Å². The van der Waals surface area contributed by atoms with Crippen LogP contribution in [-0.2, 0) is 5.41 Å². The predicted octanol–water partition coefficient (Wildman–Crippen LogP) is 3.22. The maximum absolute atomic E-state index is 12.8. The molecule has 1 aromatic heterocycles. The minimum absolute atomic E-state index is 0.00123. The van der Waals surface area contributed by atoms with Crippen molar-refractivity contribution in [2.45, 2.75) is 26.2 Å². The molecule has 1 heterocycles. The summed E-state index contributed by atoms with van der Waals surface area (Å²) < 4.78 is 5.40. The number of Topliss-reactive ketones (excluding diaryl/α,β-unsaturated/α-hetero) is 1. The summed E-state index contributed by atoms with van der Waals surface area (Å²) in [6, 6.07) is 9.11. The molecule has 0 fully saturated rings. The van der Waals surface area contributed by atoms with E-state index in [1.54, 1.807) is 30.6 Å². The summed E-state index contributed by atoms with van der Waals surface area (Å²) in [4.78, 5) is 16.9. The molecule has 0 aliphatic carbocycles. The molecule has 0 bridgehead atoms. The molecule has 0 atom stereocenters. The van der Waals surface area contributed by atoms with Crippen LogP contribution in [0.1, 0.15) is 36.7 Å². The number of anilines is 1. The van der Waals surface area contributed by atoms with Gasteiger partial charge in [0.25, 0.3) is 0 Å². The molecular weight excluding hydrogens is 264 g/mol. The average molecular weight is 284 g/mol. The second-order valence-electron chi connectivity index (χ2n) is 5.42. The molecule has 0 unspecified atom stereocenters. The van der Waals surface area contributed by atoms with Crippen LogP contribution in [0.4, 0.5) is 5.69 Å². The van der Waals surface area contributed by atoms with Crippen molar-refractivity contribution in [1.82, 2.24) is 4.98 Å². The van der Waals surface area contributed by atoms with Gasteiger partial charge in [0.2, 0.25) is 0 Å². The number of hydrogen-bond acceptors (Lipinski definition) is 4. The molecule has 21 heavy (non-hydrogen) atoms. The first-order valence-electron chi connectivity index (χ1n) is 6.94. The zero-order valence-corrected chi connectivity index (χ0v) is 12.6. The third-order valence-corrected chi connectivity index (χ3v) is 3.49. The van der Waals surface area contributed by atoms with E-state index in [9.17, 15) is 4.79 Å². The van der Waals surface area contributed by atoms with Gasteiger partial charge in [0.15, 0.2) is 5.78 Å². The van der Waals surface area contributed by atoms with Crippen LogP contribution in [-0.4, -0.2) is 17.4 Å². The zero-order chi connectivity index (χ0) is 15.5. The van der Waals surface area contributed by atoms with Gasteiger partial charge in [-0.1, -0.05) is 12.1 Å². The Kier molecular flexibility index (Phi) is 4.26. The number of aromatic nitrogens is 1. The summed E-state index contributed by atoms with van der Waals surface area (Å²) in [5.74, 6) is 0.609. The molecule has 0 spiro atoms. The smallest absolute Gasteiger partial charge is 0.174 e. The van der Waals surface area contributed by atoms with Crippen molar-refractivity contribution in [3.05, 3.63) is 53.9 Å². The molecule has 0 saturated carbocycles. The lowest BCUT2D eigenvalue weighted by Gasteiger charge is -2.24. The van der Waals surface area contributed by atoms with E-state index in [0.29, 0.717) is 23.6 Å². The second-order valence-corrected chi connectivity index (χ2v) is 5.42. The molecule has 4 heteroatoms. The summed E-state index contributed by atoms with van der Waals surface area (Å²) in [5, 5.41) is 0. The number of nitrogens with two attached hydrogens (primary N) is 1. The highest BCUT2D eigenvalue weighted by Crippen LogP contribution is 2.29. The summed E-state index contributed by atoms with van der Waals surface area (Å²) in [5.41, 5.74) is 7.19. The van der Waals surface area contributed by atoms with Crippen molar-refractivity contribution in [2.24, 2.45) is 0 Å². The number of nitrogens with zero attached hydrogens (tertiary/aromatic N) is 1. The first kappa shape index (κ1) is 15.0. The lowest BCUT2D eigenvalue weighted by atomic mass is 9.78.